The minimum absolute atomic E-state index is 0. The summed E-state index contributed by atoms with van der Waals surface area (Å²) in [6.45, 7) is -0.641. The molecule has 12 heavy (non-hydrogen) atoms. The van der Waals surface area contributed by atoms with Crippen molar-refractivity contribution in [3.63, 3.8) is 0 Å². The molecule has 0 aliphatic heterocycles. The van der Waals surface area contributed by atoms with Gasteiger partial charge in [0.2, 0.25) is 0 Å². The number of halogens is 2. The van der Waals surface area contributed by atoms with Crippen molar-refractivity contribution in [2.75, 3.05) is 26.4 Å². The molecule has 0 heterocycles. The van der Waals surface area contributed by atoms with E-state index in [-0.39, 0.29) is 38.7 Å². The molecule has 0 saturated heterocycles. The third-order valence-electron chi connectivity index (χ3n) is 0.705. The number of hydrogen-bond acceptors (Lipinski definition) is 4. The van der Waals surface area contributed by atoms with Crippen LogP contribution in [0, 0.1) is 0 Å². The standard InChI is InChI=1S/C4H9F2O4P.Li.H/c5-11(6,8)10-4-3-9-2-1-7;;/h7H,1-4H2;;. The molecule has 0 spiro atoms. The maximum atomic E-state index is 11.5. The third-order valence-corrected chi connectivity index (χ3v) is 1.19. The number of ether oxygens (including phenoxy) is 1. The van der Waals surface area contributed by atoms with Crippen LogP contribution in [0.3, 0.4) is 0 Å². The Kier molecular flexibility index (Phi) is 10.3. The summed E-state index contributed by atoms with van der Waals surface area (Å²) in [5.74, 6) is 0. The SMILES string of the molecule is O=P(F)(F)OCCOCCO.[LiH]. The summed E-state index contributed by atoms with van der Waals surface area (Å²) in [5, 5.41) is 8.16. The van der Waals surface area contributed by atoms with Gasteiger partial charge in [-0.15, -0.1) is 8.39 Å². The molecule has 70 valence electrons. The first-order chi connectivity index (χ1) is 5.06. The van der Waals surface area contributed by atoms with E-state index in [2.05, 4.69) is 9.26 Å². The molecular formula is C4H10F2LiO4P. The van der Waals surface area contributed by atoms with Crippen LogP contribution in [0.4, 0.5) is 8.39 Å². The summed E-state index contributed by atoms with van der Waals surface area (Å²) in [4.78, 5) is 0. The molecule has 0 fully saturated rings. The Balaban J connectivity index is 0. The minimum atomic E-state index is -5.36. The molecule has 0 aliphatic carbocycles. The number of hydrogen-bond donors (Lipinski definition) is 1. The zero-order chi connectivity index (χ0) is 8.74. The normalized spacial score (nSPS) is 10.9. The summed E-state index contributed by atoms with van der Waals surface area (Å²) in [6.07, 6.45) is 0. The average molecular weight is 198 g/mol. The Morgan fingerprint density at radius 1 is 1.25 bits per heavy atom. The van der Waals surface area contributed by atoms with Crippen LogP contribution in [0.15, 0.2) is 0 Å². The Labute approximate surface area is 81.1 Å². The van der Waals surface area contributed by atoms with Gasteiger partial charge in [0.1, 0.15) is 0 Å². The predicted octanol–water partition coefficient (Wildman–Crippen LogP) is 0.410. The number of rotatable bonds is 6. The van der Waals surface area contributed by atoms with Crippen molar-refractivity contribution in [1.82, 2.24) is 0 Å². The Morgan fingerprint density at radius 3 is 2.25 bits per heavy atom. The molecule has 0 saturated carbocycles. The molecule has 0 amide bonds. The van der Waals surface area contributed by atoms with Crippen molar-refractivity contribution in [3.05, 3.63) is 0 Å². The van der Waals surface area contributed by atoms with Gasteiger partial charge in [-0.2, -0.15) is 0 Å². The summed E-state index contributed by atoms with van der Waals surface area (Å²) in [6, 6.07) is 0. The summed E-state index contributed by atoms with van der Waals surface area (Å²) < 4.78 is 40.6. The van der Waals surface area contributed by atoms with Gasteiger partial charge >= 0.3 is 26.9 Å². The van der Waals surface area contributed by atoms with Crippen LogP contribution in [0.2, 0.25) is 0 Å². The first-order valence-electron chi connectivity index (χ1n) is 2.89. The number of aliphatic hydroxyl groups excluding tert-OH is 1. The van der Waals surface area contributed by atoms with E-state index in [0.29, 0.717) is 0 Å². The number of aliphatic hydroxyl groups is 1. The zero-order valence-corrected chi connectivity index (χ0v) is 6.60. The Hall–Kier alpha value is 0.567. The van der Waals surface area contributed by atoms with Gasteiger partial charge in [0, 0.05) is 0 Å². The van der Waals surface area contributed by atoms with Crippen molar-refractivity contribution >= 4 is 26.9 Å². The molecule has 0 radical (unpaired) electrons. The van der Waals surface area contributed by atoms with Crippen molar-refractivity contribution < 1.29 is 27.3 Å². The first-order valence-corrected chi connectivity index (χ1v) is 4.29. The van der Waals surface area contributed by atoms with E-state index in [4.69, 9.17) is 5.11 Å². The predicted molar refractivity (Wildman–Crippen MR) is 40.8 cm³/mol. The van der Waals surface area contributed by atoms with Crippen molar-refractivity contribution in [3.8, 4) is 0 Å². The van der Waals surface area contributed by atoms with Gasteiger partial charge in [0.05, 0.1) is 26.4 Å². The van der Waals surface area contributed by atoms with Gasteiger partial charge in [-0.05, 0) is 0 Å². The van der Waals surface area contributed by atoms with Crippen molar-refractivity contribution in [2.45, 2.75) is 0 Å². The molecule has 0 aromatic heterocycles. The van der Waals surface area contributed by atoms with Crippen LogP contribution in [0.1, 0.15) is 0 Å². The van der Waals surface area contributed by atoms with Crippen LogP contribution in [0.25, 0.3) is 0 Å². The van der Waals surface area contributed by atoms with Crippen LogP contribution < -0.4 is 0 Å². The molecule has 1 N–H and O–H groups in total. The topological polar surface area (TPSA) is 55.8 Å². The zero-order valence-electron chi connectivity index (χ0n) is 5.70. The van der Waals surface area contributed by atoms with Gasteiger partial charge in [-0.25, -0.2) is 4.57 Å². The fourth-order valence-corrected chi connectivity index (χ4v) is 0.656. The Bertz CT molecular complexity index is 141. The summed E-state index contributed by atoms with van der Waals surface area (Å²) in [7, 11) is -5.36. The Morgan fingerprint density at radius 2 is 1.83 bits per heavy atom. The fourth-order valence-electron chi connectivity index (χ4n) is 0.369. The van der Waals surface area contributed by atoms with Gasteiger partial charge < -0.3 is 9.84 Å². The molecule has 0 aromatic carbocycles. The van der Waals surface area contributed by atoms with Crippen LogP contribution >= 0.6 is 7.99 Å². The van der Waals surface area contributed by atoms with Gasteiger partial charge in [0.15, 0.2) is 0 Å². The van der Waals surface area contributed by atoms with Crippen LogP contribution in [-0.2, 0) is 13.8 Å². The molecular weight excluding hydrogens is 188 g/mol. The molecule has 0 rings (SSSR count). The molecule has 0 bridgehead atoms. The van der Waals surface area contributed by atoms with E-state index in [9.17, 15) is 13.0 Å². The summed E-state index contributed by atoms with van der Waals surface area (Å²) >= 11 is 0. The molecule has 8 heteroatoms. The third kappa shape index (κ3) is 13.2. The van der Waals surface area contributed by atoms with Gasteiger partial charge in [-0.3, -0.25) is 4.52 Å². The van der Waals surface area contributed by atoms with E-state index in [1.807, 2.05) is 0 Å². The van der Waals surface area contributed by atoms with E-state index in [0.717, 1.165) is 0 Å². The van der Waals surface area contributed by atoms with Gasteiger partial charge in [-0.1, -0.05) is 0 Å². The maximum absolute atomic E-state index is 11.5. The van der Waals surface area contributed by atoms with E-state index >= 15 is 0 Å². The van der Waals surface area contributed by atoms with Crippen LogP contribution in [-0.4, -0.2) is 50.4 Å². The molecule has 0 unspecified atom stereocenters. The second kappa shape index (κ2) is 8.18. The molecule has 0 aromatic rings. The summed E-state index contributed by atoms with van der Waals surface area (Å²) in [5.41, 5.74) is 0. The van der Waals surface area contributed by atoms with Crippen LogP contribution in [0.5, 0.6) is 0 Å². The molecule has 0 aliphatic rings. The second-order valence-corrected chi connectivity index (χ2v) is 2.67. The quantitative estimate of drug-likeness (QED) is 0.381. The van der Waals surface area contributed by atoms with Crippen molar-refractivity contribution in [1.29, 1.82) is 0 Å². The monoisotopic (exact) mass is 198 g/mol. The average Bonchev–Trinajstić information content (AvgIpc) is 1.85. The molecule has 4 nitrogen and oxygen atoms in total. The van der Waals surface area contributed by atoms with Gasteiger partial charge in [0.25, 0.3) is 0 Å². The first kappa shape index (κ1) is 15.1. The fraction of sp³-hybridized carbons (Fsp3) is 1.00. The molecule has 0 atom stereocenters. The van der Waals surface area contributed by atoms with Crippen molar-refractivity contribution in [2.24, 2.45) is 0 Å². The van der Waals surface area contributed by atoms with E-state index < -0.39 is 14.6 Å². The van der Waals surface area contributed by atoms with E-state index in [1.165, 1.54) is 0 Å². The second-order valence-electron chi connectivity index (χ2n) is 1.58. The van der Waals surface area contributed by atoms with E-state index in [1.54, 1.807) is 0 Å².